The van der Waals surface area contributed by atoms with Crippen molar-refractivity contribution in [2.45, 2.75) is 0 Å². The van der Waals surface area contributed by atoms with Gasteiger partial charge in [-0.05, 0) is 0 Å². The number of hydrogen-bond donors (Lipinski definition) is 2. The molecule has 7 heteroatoms. The molecule has 0 aromatic carbocycles. The average Bonchev–Trinajstić information content (AvgIpc) is 0.722. The van der Waals surface area contributed by atoms with E-state index in [1.807, 2.05) is 0 Å². The van der Waals surface area contributed by atoms with Gasteiger partial charge in [-0.2, -0.15) is 0 Å². The van der Waals surface area contributed by atoms with Gasteiger partial charge in [-0.1, -0.05) is 0 Å². The SMILES string of the molecule is O=P(O)(O)F.[AlH3].[H-].[Li+]. The predicted molar refractivity (Wildman–Crippen MR) is 24.2 cm³/mol. The van der Waals surface area contributed by atoms with E-state index in [1.54, 1.807) is 0 Å². The first kappa shape index (κ1) is 15.7. The standard InChI is InChI=1S/Al.FH2O3P.Li.4H/c;1-5(2,3)4;;;;;/h;(H2,2,3,4);;;;;/q;;+1;;;;-1. The molecule has 0 aromatic heterocycles. The fraction of sp³-hybridized carbons (Fsp3) is 0. The summed E-state index contributed by atoms with van der Waals surface area (Å²) in [6, 6.07) is 0. The van der Waals surface area contributed by atoms with Crippen LogP contribution < -0.4 is 18.9 Å². The Morgan fingerprint density at radius 3 is 1.57 bits per heavy atom. The van der Waals surface area contributed by atoms with E-state index in [0.717, 1.165) is 0 Å². The van der Waals surface area contributed by atoms with Crippen molar-refractivity contribution in [3.8, 4) is 0 Å². The van der Waals surface area contributed by atoms with Crippen LogP contribution in [0.4, 0.5) is 4.20 Å². The van der Waals surface area contributed by atoms with Gasteiger partial charge in [0.2, 0.25) is 0 Å². The van der Waals surface area contributed by atoms with Crippen LogP contribution in [0, 0.1) is 0 Å². The van der Waals surface area contributed by atoms with Gasteiger partial charge in [-0.25, -0.2) is 4.57 Å². The molecule has 0 bridgehead atoms. The molecule has 2 N–H and O–H groups in total. The Morgan fingerprint density at radius 1 is 1.57 bits per heavy atom. The number of rotatable bonds is 0. The minimum atomic E-state index is -5.14. The second-order valence-electron chi connectivity index (χ2n) is 0.473. The first-order valence-corrected chi connectivity index (χ1v) is 2.25. The van der Waals surface area contributed by atoms with Crippen molar-refractivity contribution in [2.75, 3.05) is 0 Å². The molecule has 0 rings (SSSR count). The molecule has 0 saturated carbocycles. The fourth-order valence-electron chi connectivity index (χ4n) is 0. The van der Waals surface area contributed by atoms with Gasteiger partial charge in [0.1, 0.15) is 0 Å². The summed E-state index contributed by atoms with van der Waals surface area (Å²) in [6.07, 6.45) is 0. The van der Waals surface area contributed by atoms with Gasteiger partial charge in [0.15, 0.2) is 17.4 Å². The Hall–Kier alpha value is 1.21. The molecule has 0 spiro atoms. The van der Waals surface area contributed by atoms with Crippen LogP contribution >= 0.6 is 7.91 Å². The molecule has 3 nitrogen and oxygen atoms in total. The van der Waals surface area contributed by atoms with Crippen LogP contribution in [0.1, 0.15) is 1.43 Å². The van der Waals surface area contributed by atoms with Gasteiger partial charge in [-0.15, -0.1) is 4.20 Å². The predicted octanol–water partition coefficient (Wildman–Crippen LogP) is -4.02. The summed E-state index contributed by atoms with van der Waals surface area (Å²) < 4.78 is 19.0. The molecular weight excluding hydrogens is 132 g/mol. The summed E-state index contributed by atoms with van der Waals surface area (Å²) in [7, 11) is -5.14. The van der Waals surface area contributed by atoms with E-state index in [1.165, 1.54) is 0 Å². The maximum absolute atomic E-state index is 10.4. The minimum Gasteiger partial charge on any atom is -1.00 e. The second kappa shape index (κ2) is 5.35. The summed E-state index contributed by atoms with van der Waals surface area (Å²) >= 11 is 0. The fourth-order valence-corrected chi connectivity index (χ4v) is 0. The van der Waals surface area contributed by atoms with Crippen LogP contribution in [0.3, 0.4) is 0 Å². The largest absolute Gasteiger partial charge is 1.00 e. The third-order valence-electron chi connectivity index (χ3n) is 0. The normalized spacial score (nSPS) is 8.43. The Morgan fingerprint density at radius 2 is 1.57 bits per heavy atom. The van der Waals surface area contributed by atoms with Gasteiger partial charge in [-0.3, -0.25) is 9.79 Å². The molecular formula is H6AlFLiO3P. The summed E-state index contributed by atoms with van der Waals surface area (Å²) in [5, 5.41) is 0. The molecule has 0 aliphatic heterocycles. The smallest absolute Gasteiger partial charge is 1.00 e. The van der Waals surface area contributed by atoms with Crippen LogP contribution in [0.25, 0.3) is 0 Å². The molecule has 0 atom stereocenters. The third-order valence-corrected chi connectivity index (χ3v) is 0. The molecule has 0 unspecified atom stereocenters. The Labute approximate surface area is 64.4 Å². The van der Waals surface area contributed by atoms with E-state index < -0.39 is 7.91 Å². The quantitative estimate of drug-likeness (QED) is 0.265. The minimum absolute atomic E-state index is 0. The van der Waals surface area contributed by atoms with Crippen LogP contribution in [0.5, 0.6) is 0 Å². The van der Waals surface area contributed by atoms with Gasteiger partial charge in [0.25, 0.3) is 0 Å². The maximum atomic E-state index is 10.4. The molecule has 0 aliphatic carbocycles. The van der Waals surface area contributed by atoms with Crippen LogP contribution in [0.2, 0.25) is 0 Å². The summed E-state index contributed by atoms with van der Waals surface area (Å²) in [6.45, 7) is 0. The van der Waals surface area contributed by atoms with Gasteiger partial charge < -0.3 is 1.43 Å². The van der Waals surface area contributed by atoms with Gasteiger partial charge in [0.05, 0.1) is 0 Å². The molecule has 0 aliphatic rings. The van der Waals surface area contributed by atoms with Crippen molar-refractivity contribution in [2.24, 2.45) is 0 Å². The second-order valence-corrected chi connectivity index (χ2v) is 1.42. The van der Waals surface area contributed by atoms with E-state index in [0.29, 0.717) is 0 Å². The average molecular weight is 138 g/mol. The van der Waals surface area contributed by atoms with Crippen LogP contribution in [0.15, 0.2) is 0 Å². The van der Waals surface area contributed by atoms with E-state index in [2.05, 4.69) is 0 Å². The molecule has 0 amide bonds. The monoisotopic (exact) mass is 138 g/mol. The van der Waals surface area contributed by atoms with Crippen molar-refractivity contribution >= 4 is 25.3 Å². The summed E-state index contributed by atoms with van der Waals surface area (Å²) in [5.74, 6) is 0. The molecule has 40 valence electrons. The summed E-state index contributed by atoms with van der Waals surface area (Å²) in [5.41, 5.74) is 0. The van der Waals surface area contributed by atoms with Gasteiger partial charge in [0, 0.05) is 0 Å². The molecule has 0 aromatic rings. The van der Waals surface area contributed by atoms with E-state index in [9.17, 15) is 4.20 Å². The van der Waals surface area contributed by atoms with Crippen molar-refractivity contribution < 1.29 is 38.8 Å². The zero-order chi connectivity index (χ0) is 4.50. The van der Waals surface area contributed by atoms with Crippen molar-refractivity contribution in [1.29, 1.82) is 0 Å². The number of hydrogen-bond acceptors (Lipinski definition) is 1. The summed E-state index contributed by atoms with van der Waals surface area (Å²) in [4.78, 5) is 13.9. The Balaban J connectivity index is -0.0000000267. The molecule has 0 fully saturated rings. The van der Waals surface area contributed by atoms with E-state index >= 15 is 0 Å². The molecule has 0 saturated heterocycles. The van der Waals surface area contributed by atoms with Crippen molar-refractivity contribution in [3.63, 3.8) is 0 Å². The maximum Gasteiger partial charge on any atom is 1.00 e. The first-order valence-electron chi connectivity index (χ1n) is 0.752. The Kier molecular flexibility index (Phi) is 12.0. The zero-order valence-electron chi connectivity index (χ0n) is 4.13. The Bertz CT molecular complexity index is 65.4. The third kappa shape index (κ3) is 134. The van der Waals surface area contributed by atoms with E-state index in [-0.39, 0.29) is 37.6 Å². The van der Waals surface area contributed by atoms with Crippen molar-refractivity contribution in [3.05, 3.63) is 0 Å². The molecule has 0 heterocycles. The number of halogens is 1. The molecule has 0 radical (unpaired) electrons. The topological polar surface area (TPSA) is 57.5 Å². The molecule has 7 heavy (non-hydrogen) atoms. The van der Waals surface area contributed by atoms with Crippen molar-refractivity contribution in [1.82, 2.24) is 0 Å². The first-order chi connectivity index (χ1) is 2.00. The van der Waals surface area contributed by atoms with Gasteiger partial charge >= 0.3 is 26.8 Å². The van der Waals surface area contributed by atoms with Crippen LogP contribution in [-0.4, -0.2) is 27.1 Å². The van der Waals surface area contributed by atoms with E-state index in [4.69, 9.17) is 14.4 Å². The zero-order valence-corrected chi connectivity index (χ0v) is 4.02. The van der Waals surface area contributed by atoms with Crippen LogP contribution in [-0.2, 0) is 4.57 Å².